The fraction of sp³-hybridized carbons (Fsp3) is 0.217. The van der Waals surface area contributed by atoms with Gasteiger partial charge in [-0.1, -0.05) is 72.8 Å². The number of aryl methyl sites for hydroxylation is 1. The third-order valence-electron chi connectivity index (χ3n) is 4.56. The predicted molar refractivity (Wildman–Crippen MR) is 110 cm³/mol. The Kier molecular flexibility index (Phi) is 7.72. The van der Waals surface area contributed by atoms with Gasteiger partial charge in [-0.25, -0.2) is 9.59 Å². The van der Waals surface area contributed by atoms with E-state index < -0.39 is 11.9 Å². The molecule has 0 aliphatic rings. The second-order valence-electron chi connectivity index (χ2n) is 6.68. The van der Waals surface area contributed by atoms with Crippen LogP contribution in [-0.4, -0.2) is 41.1 Å². The maximum Gasteiger partial charge on any atom is 0.414 e. The lowest BCUT2D eigenvalue weighted by Crippen LogP contribution is -2.20. The summed E-state index contributed by atoms with van der Waals surface area (Å²) < 4.78 is 0. The van der Waals surface area contributed by atoms with E-state index in [9.17, 15) is 0 Å². The van der Waals surface area contributed by atoms with Gasteiger partial charge >= 0.3 is 11.9 Å². The van der Waals surface area contributed by atoms with Crippen molar-refractivity contribution in [3.05, 3.63) is 83.9 Å². The van der Waals surface area contributed by atoms with Crippen LogP contribution < -0.4 is 0 Å². The van der Waals surface area contributed by atoms with Crippen molar-refractivity contribution in [1.82, 2.24) is 4.90 Å². The van der Waals surface area contributed by atoms with Crippen LogP contribution in [0.15, 0.2) is 72.8 Å². The lowest BCUT2D eigenvalue weighted by molar-refractivity contribution is -0.159. The Hall–Kier alpha value is -3.18. The molecule has 0 fully saturated rings. The number of carboxylic acid groups (broad SMARTS) is 2. The van der Waals surface area contributed by atoms with Crippen LogP contribution in [0.25, 0.3) is 10.8 Å². The lowest BCUT2D eigenvalue weighted by Gasteiger charge is -2.25. The summed E-state index contributed by atoms with van der Waals surface area (Å²) in [4.78, 5) is 20.5. The number of hydrogen-bond donors (Lipinski definition) is 2. The van der Waals surface area contributed by atoms with E-state index >= 15 is 0 Å². The average Bonchev–Trinajstić information content (AvgIpc) is 2.69. The highest BCUT2D eigenvalue weighted by molar-refractivity contribution is 6.27. The van der Waals surface area contributed by atoms with Gasteiger partial charge in [-0.3, -0.25) is 0 Å². The van der Waals surface area contributed by atoms with Gasteiger partial charge in [-0.05, 0) is 48.8 Å². The maximum absolute atomic E-state index is 9.10. The predicted octanol–water partition coefficient (Wildman–Crippen LogP) is 4.23. The van der Waals surface area contributed by atoms with Crippen LogP contribution >= 0.6 is 0 Å². The van der Waals surface area contributed by atoms with Crippen molar-refractivity contribution in [1.29, 1.82) is 0 Å². The van der Waals surface area contributed by atoms with E-state index in [1.54, 1.807) is 0 Å². The van der Waals surface area contributed by atoms with Gasteiger partial charge in [-0.15, -0.1) is 0 Å². The number of nitrogens with zero attached hydrogens (tertiary/aromatic N) is 1. The summed E-state index contributed by atoms with van der Waals surface area (Å²) in [5, 5.41) is 17.5. The molecule has 1 unspecified atom stereocenters. The van der Waals surface area contributed by atoms with Crippen LogP contribution in [0.2, 0.25) is 0 Å². The number of carbonyl (C=O) groups is 2. The minimum atomic E-state index is -1.82. The van der Waals surface area contributed by atoms with Crippen LogP contribution in [0.4, 0.5) is 0 Å². The topological polar surface area (TPSA) is 77.8 Å². The Morgan fingerprint density at radius 2 is 1.39 bits per heavy atom. The Morgan fingerprint density at radius 3 is 2.00 bits per heavy atom. The van der Waals surface area contributed by atoms with Crippen LogP contribution in [0.1, 0.15) is 23.6 Å². The highest BCUT2D eigenvalue weighted by atomic mass is 16.4. The van der Waals surface area contributed by atoms with Gasteiger partial charge in [-0.2, -0.15) is 0 Å². The van der Waals surface area contributed by atoms with E-state index in [2.05, 4.69) is 91.8 Å². The first-order chi connectivity index (χ1) is 13.4. The molecule has 5 heteroatoms. The molecule has 0 saturated carbocycles. The smallest absolute Gasteiger partial charge is 0.414 e. The largest absolute Gasteiger partial charge is 0.473 e. The van der Waals surface area contributed by atoms with E-state index in [1.165, 1.54) is 21.9 Å². The SMILES string of the molecule is CN(C)C(CCc1cccc2ccccc12)c1ccccc1.O=C(O)C(=O)O. The number of hydrogen-bond acceptors (Lipinski definition) is 3. The van der Waals surface area contributed by atoms with Gasteiger partial charge in [0.1, 0.15) is 0 Å². The molecule has 0 aliphatic heterocycles. The summed E-state index contributed by atoms with van der Waals surface area (Å²) in [7, 11) is 4.33. The first kappa shape index (κ1) is 21.1. The Bertz CT molecular complexity index is 905. The molecule has 0 bridgehead atoms. The highest BCUT2D eigenvalue weighted by Crippen LogP contribution is 2.26. The summed E-state index contributed by atoms with van der Waals surface area (Å²) in [6, 6.07) is 26.6. The van der Waals surface area contributed by atoms with E-state index in [0.717, 1.165) is 12.8 Å². The first-order valence-corrected chi connectivity index (χ1v) is 9.04. The second-order valence-corrected chi connectivity index (χ2v) is 6.68. The maximum atomic E-state index is 9.10. The summed E-state index contributed by atoms with van der Waals surface area (Å²) in [6.07, 6.45) is 2.23. The molecule has 146 valence electrons. The normalized spacial score (nSPS) is 11.5. The fourth-order valence-corrected chi connectivity index (χ4v) is 3.20. The molecule has 1 atom stereocenters. The third-order valence-corrected chi connectivity index (χ3v) is 4.56. The van der Waals surface area contributed by atoms with Gasteiger partial charge in [0.15, 0.2) is 0 Å². The molecular weight excluding hydrogens is 354 g/mol. The number of carboxylic acids is 2. The zero-order valence-electron chi connectivity index (χ0n) is 16.1. The molecule has 2 N–H and O–H groups in total. The van der Waals surface area contributed by atoms with E-state index in [-0.39, 0.29) is 0 Å². The molecule has 0 aromatic heterocycles. The second kappa shape index (κ2) is 10.2. The van der Waals surface area contributed by atoms with Crippen molar-refractivity contribution in [3.63, 3.8) is 0 Å². The van der Waals surface area contributed by atoms with Gasteiger partial charge in [0.25, 0.3) is 0 Å². The highest BCUT2D eigenvalue weighted by Gasteiger charge is 2.14. The molecule has 3 aromatic rings. The minimum absolute atomic E-state index is 0.458. The fourth-order valence-electron chi connectivity index (χ4n) is 3.20. The minimum Gasteiger partial charge on any atom is -0.473 e. The van der Waals surface area contributed by atoms with Gasteiger partial charge < -0.3 is 15.1 Å². The van der Waals surface area contributed by atoms with Crippen LogP contribution in [0, 0.1) is 0 Å². The van der Waals surface area contributed by atoms with E-state index in [4.69, 9.17) is 19.8 Å². The van der Waals surface area contributed by atoms with Gasteiger partial charge in [0.2, 0.25) is 0 Å². The van der Waals surface area contributed by atoms with Crippen molar-refractivity contribution in [2.75, 3.05) is 14.1 Å². The zero-order valence-corrected chi connectivity index (χ0v) is 16.1. The first-order valence-electron chi connectivity index (χ1n) is 9.04. The Morgan fingerprint density at radius 1 is 0.821 bits per heavy atom. The van der Waals surface area contributed by atoms with Gasteiger partial charge in [0, 0.05) is 6.04 Å². The Balaban J connectivity index is 0.000000409. The summed E-state index contributed by atoms with van der Waals surface area (Å²) in [5.74, 6) is -3.65. The number of rotatable bonds is 5. The van der Waals surface area contributed by atoms with Crippen molar-refractivity contribution < 1.29 is 19.8 Å². The van der Waals surface area contributed by atoms with Crippen LogP contribution in [0.5, 0.6) is 0 Å². The zero-order chi connectivity index (χ0) is 20.5. The molecule has 0 spiro atoms. The molecule has 0 saturated heterocycles. The van der Waals surface area contributed by atoms with Crippen molar-refractivity contribution in [3.8, 4) is 0 Å². The molecule has 28 heavy (non-hydrogen) atoms. The molecule has 3 rings (SSSR count). The molecule has 0 radical (unpaired) electrons. The molecule has 0 heterocycles. The van der Waals surface area contributed by atoms with Crippen LogP contribution in [-0.2, 0) is 16.0 Å². The van der Waals surface area contributed by atoms with Crippen molar-refractivity contribution in [2.24, 2.45) is 0 Å². The summed E-state index contributed by atoms with van der Waals surface area (Å²) in [5.41, 5.74) is 2.84. The Labute approximate surface area is 164 Å². The quantitative estimate of drug-likeness (QED) is 0.649. The standard InChI is InChI=1S/C21H23N.C2H2O4/c1-22(2)21(19-10-4-3-5-11-19)16-15-18-13-8-12-17-9-6-7-14-20(17)18;3-1(4)2(5)6/h3-14,21H,15-16H2,1-2H3;(H,3,4)(H,5,6). The monoisotopic (exact) mass is 379 g/mol. The molecule has 5 nitrogen and oxygen atoms in total. The average molecular weight is 379 g/mol. The van der Waals surface area contributed by atoms with Crippen molar-refractivity contribution >= 4 is 22.7 Å². The van der Waals surface area contributed by atoms with Gasteiger partial charge in [0.05, 0.1) is 0 Å². The number of aliphatic carboxylic acids is 2. The molecule has 3 aromatic carbocycles. The molecule has 0 aliphatic carbocycles. The van der Waals surface area contributed by atoms with E-state index in [0.29, 0.717) is 6.04 Å². The number of benzene rings is 3. The molecular formula is C23H25NO4. The summed E-state index contributed by atoms with van der Waals surface area (Å²) in [6.45, 7) is 0. The van der Waals surface area contributed by atoms with Crippen LogP contribution in [0.3, 0.4) is 0 Å². The third kappa shape index (κ3) is 5.93. The van der Waals surface area contributed by atoms with Crippen molar-refractivity contribution in [2.45, 2.75) is 18.9 Å². The molecule has 0 amide bonds. The lowest BCUT2D eigenvalue weighted by atomic mass is 9.95. The van der Waals surface area contributed by atoms with E-state index in [1.807, 2.05) is 0 Å². The number of fused-ring (bicyclic) bond motifs is 1. The summed E-state index contributed by atoms with van der Waals surface area (Å²) >= 11 is 0.